The number of methoxy groups -OCH3 is 2. The maximum Gasteiger partial charge on any atom is 0.227 e. The Balaban J connectivity index is 1.07. The number of hydrogen-bond acceptors (Lipinski definition) is 8. The third-order valence-corrected chi connectivity index (χ3v) is 8.03. The topological polar surface area (TPSA) is 69.4 Å². The summed E-state index contributed by atoms with van der Waals surface area (Å²) in [4.78, 5) is 9.62. The van der Waals surface area contributed by atoms with Crippen LogP contribution < -0.4 is 9.47 Å². The van der Waals surface area contributed by atoms with Crippen LogP contribution in [0.3, 0.4) is 0 Å². The van der Waals surface area contributed by atoms with Gasteiger partial charge in [0.1, 0.15) is 22.8 Å². The number of rotatable bonds is 15. The maximum atomic E-state index is 6.08. The summed E-state index contributed by atoms with van der Waals surface area (Å²) < 4.78 is 28.8. The second-order valence-corrected chi connectivity index (χ2v) is 10.7. The number of oxazole rings is 1. The molecular formula is C32H43N3O5. The Bertz CT molecular complexity index is 1230. The lowest BCUT2D eigenvalue weighted by Crippen LogP contribution is -2.34. The van der Waals surface area contributed by atoms with E-state index in [1.165, 1.54) is 19.3 Å². The van der Waals surface area contributed by atoms with Gasteiger partial charge >= 0.3 is 0 Å². The summed E-state index contributed by atoms with van der Waals surface area (Å²) in [7, 11) is 3.48. The normalized spacial score (nSPS) is 19.9. The molecule has 8 nitrogen and oxygen atoms in total. The molecule has 0 bridgehead atoms. The largest absolute Gasteiger partial charge is 0.500 e. The highest BCUT2D eigenvalue weighted by Crippen LogP contribution is 2.29. The third-order valence-electron chi connectivity index (χ3n) is 8.03. The van der Waals surface area contributed by atoms with E-state index < -0.39 is 0 Å². The van der Waals surface area contributed by atoms with E-state index in [1.807, 2.05) is 42.5 Å². The van der Waals surface area contributed by atoms with E-state index in [-0.39, 0.29) is 0 Å². The second kappa shape index (κ2) is 14.0. The molecule has 2 aromatic carbocycles. The predicted molar refractivity (Wildman–Crippen MR) is 157 cm³/mol. The minimum atomic E-state index is 0.331. The zero-order valence-electron chi connectivity index (χ0n) is 24.0. The summed E-state index contributed by atoms with van der Waals surface area (Å²) in [6.07, 6.45) is 6.72. The molecule has 2 saturated heterocycles. The Morgan fingerprint density at radius 2 is 1.62 bits per heavy atom. The molecule has 216 valence electrons. The molecule has 0 unspecified atom stereocenters. The van der Waals surface area contributed by atoms with Gasteiger partial charge < -0.3 is 23.4 Å². The van der Waals surface area contributed by atoms with Crippen molar-refractivity contribution in [3.63, 3.8) is 0 Å². The number of nitrogens with zero attached hydrogens (tertiary/aromatic N) is 3. The van der Waals surface area contributed by atoms with Crippen LogP contribution in [0.5, 0.6) is 11.5 Å². The lowest BCUT2D eigenvalue weighted by molar-refractivity contribution is 0.111. The summed E-state index contributed by atoms with van der Waals surface area (Å²) in [6, 6.07) is 14.7. The first kappa shape index (κ1) is 28.5. The van der Waals surface area contributed by atoms with Crippen molar-refractivity contribution in [3.8, 4) is 23.0 Å². The first-order valence-electron chi connectivity index (χ1n) is 14.6. The van der Waals surface area contributed by atoms with E-state index >= 15 is 0 Å². The molecule has 2 aliphatic rings. The Hall–Kier alpha value is -3.07. The minimum absolute atomic E-state index is 0.331. The van der Waals surface area contributed by atoms with Gasteiger partial charge in [-0.1, -0.05) is 6.58 Å². The molecule has 1 aromatic heterocycles. The molecule has 0 amide bonds. The highest BCUT2D eigenvalue weighted by molar-refractivity contribution is 5.77. The van der Waals surface area contributed by atoms with Gasteiger partial charge in [0.15, 0.2) is 5.58 Å². The summed E-state index contributed by atoms with van der Waals surface area (Å²) in [6.45, 7) is 10.5. The molecule has 5 rings (SSSR count). The molecule has 2 aliphatic heterocycles. The number of ether oxygens (including phenoxy) is 4. The highest BCUT2D eigenvalue weighted by Gasteiger charge is 2.27. The number of hydrogen-bond donors (Lipinski definition) is 0. The van der Waals surface area contributed by atoms with Crippen molar-refractivity contribution >= 4 is 11.1 Å². The Labute approximate surface area is 237 Å². The second-order valence-electron chi connectivity index (χ2n) is 10.7. The quantitative estimate of drug-likeness (QED) is 0.175. The van der Waals surface area contributed by atoms with E-state index in [0.29, 0.717) is 31.2 Å². The lowest BCUT2D eigenvalue weighted by atomic mass is 10.2. The van der Waals surface area contributed by atoms with Crippen molar-refractivity contribution < 1.29 is 23.4 Å². The van der Waals surface area contributed by atoms with Crippen LogP contribution in [0.1, 0.15) is 38.5 Å². The fraction of sp³-hybridized carbons (Fsp3) is 0.531. The SMILES string of the molecule is C=C(OC)[C@H]1CCCN1CCCOc1ccc(-c2nc3ccc(OCCCN4CCC[C@@H]4COC)cc3o2)cc1. The molecule has 3 heterocycles. The van der Waals surface area contributed by atoms with Crippen LogP contribution in [0.15, 0.2) is 59.2 Å². The summed E-state index contributed by atoms with van der Waals surface area (Å²) in [5, 5.41) is 0. The van der Waals surface area contributed by atoms with Crippen molar-refractivity contribution in [2.24, 2.45) is 0 Å². The van der Waals surface area contributed by atoms with Gasteiger partial charge in [-0.15, -0.1) is 0 Å². The van der Waals surface area contributed by atoms with Gasteiger partial charge in [0, 0.05) is 37.9 Å². The molecule has 0 saturated carbocycles. The van der Waals surface area contributed by atoms with Crippen LogP contribution in [0.2, 0.25) is 0 Å². The van der Waals surface area contributed by atoms with Gasteiger partial charge in [-0.2, -0.15) is 0 Å². The molecule has 8 heteroatoms. The van der Waals surface area contributed by atoms with E-state index in [1.54, 1.807) is 14.2 Å². The summed E-state index contributed by atoms with van der Waals surface area (Å²) >= 11 is 0. The average Bonchev–Trinajstić information content (AvgIpc) is 3.73. The van der Waals surface area contributed by atoms with Crippen LogP contribution >= 0.6 is 0 Å². The van der Waals surface area contributed by atoms with Gasteiger partial charge in [-0.3, -0.25) is 9.80 Å². The number of likely N-dealkylation sites (tertiary alicyclic amines) is 2. The van der Waals surface area contributed by atoms with Gasteiger partial charge in [-0.25, -0.2) is 4.98 Å². The molecule has 0 spiro atoms. The molecule has 3 aromatic rings. The molecule has 0 radical (unpaired) electrons. The zero-order chi connectivity index (χ0) is 27.7. The van der Waals surface area contributed by atoms with Crippen LogP contribution in [0, 0.1) is 0 Å². The van der Waals surface area contributed by atoms with Gasteiger partial charge in [0.2, 0.25) is 5.89 Å². The third kappa shape index (κ3) is 7.16. The molecular weight excluding hydrogens is 506 g/mol. The smallest absolute Gasteiger partial charge is 0.227 e. The minimum Gasteiger partial charge on any atom is -0.500 e. The van der Waals surface area contributed by atoms with Crippen LogP contribution in [-0.2, 0) is 9.47 Å². The van der Waals surface area contributed by atoms with E-state index in [4.69, 9.17) is 23.4 Å². The molecule has 2 fully saturated rings. The Morgan fingerprint density at radius 1 is 0.925 bits per heavy atom. The zero-order valence-corrected chi connectivity index (χ0v) is 24.0. The number of aromatic nitrogens is 1. The number of fused-ring (bicyclic) bond motifs is 1. The van der Waals surface area contributed by atoms with Crippen LogP contribution in [0.4, 0.5) is 0 Å². The van der Waals surface area contributed by atoms with Crippen LogP contribution in [0.25, 0.3) is 22.6 Å². The highest BCUT2D eigenvalue weighted by atomic mass is 16.5. The fourth-order valence-electron chi connectivity index (χ4n) is 5.89. The van der Waals surface area contributed by atoms with Crippen molar-refractivity contribution in [1.82, 2.24) is 14.8 Å². The first-order valence-corrected chi connectivity index (χ1v) is 14.6. The standard InChI is InChI=1S/C32H43N3O5/c1-24(37-3)30-9-5-17-35(30)19-7-20-38-27-12-10-25(11-13-27)32-33-29-15-14-28(22-31(29)40-32)39-21-6-18-34-16-4-8-26(34)23-36-2/h10-15,22,26,30H,1,4-9,16-21,23H2,2-3H3/t26-,30-/m1/s1. The molecule has 2 atom stereocenters. The number of benzene rings is 2. The van der Waals surface area contributed by atoms with Gasteiger partial charge in [0.05, 0.1) is 33.0 Å². The molecule has 0 aliphatic carbocycles. The van der Waals surface area contributed by atoms with Gasteiger partial charge in [-0.05, 0) is 88.0 Å². The summed E-state index contributed by atoms with van der Waals surface area (Å²) in [5.74, 6) is 3.11. The van der Waals surface area contributed by atoms with Crippen LogP contribution in [-0.4, -0.2) is 87.1 Å². The fourth-order valence-corrected chi connectivity index (χ4v) is 5.89. The van der Waals surface area contributed by atoms with Gasteiger partial charge in [0.25, 0.3) is 0 Å². The lowest BCUT2D eigenvalue weighted by Gasteiger charge is -2.25. The summed E-state index contributed by atoms with van der Waals surface area (Å²) in [5.41, 5.74) is 2.46. The Kier molecular flexibility index (Phi) is 9.97. The molecule has 0 N–H and O–H groups in total. The van der Waals surface area contributed by atoms with Crippen molar-refractivity contribution in [2.75, 3.05) is 60.2 Å². The maximum absolute atomic E-state index is 6.08. The van der Waals surface area contributed by atoms with Crippen molar-refractivity contribution in [3.05, 3.63) is 54.8 Å². The Morgan fingerprint density at radius 3 is 2.40 bits per heavy atom. The van der Waals surface area contributed by atoms with Crippen molar-refractivity contribution in [2.45, 2.75) is 50.6 Å². The first-order chi connectivity index (χ1) is 19.6. The van der Waals surface area contributed by atoms with E-state index in [0.717, 1.165) is 86.0 Å². The van der Waals surface area contributed by atoms with E-state index in [9.17, 15) is 0 Å². The monoisotopic (exact) mass is 549 g/mol. The molecule has 40 heavy (non-hydrogen) atoms. The van der Waals surface area contributed by atoms with Crippen molar-refractivity contribution in [1.29, 1.82) is 0 Å². The van der Waals surface area contributed by atoms with E-state index in [2.05, 4.69) is 21.4 Å². The predicted octanol–water partition coefficient (Wildman–Crippen LogP) is 5.77. The average molecular weight is 550 g/mol.